The predicted molar refractivity (Wildman–Crippen MR) is 118 cm³/mol. The van der Waals surface area contributed by atoms with Crippen LogP contribution < -0.4 is 10.2 Å². The van der Waals surface area contributed by atoms with Crippen LogP contribution >= 0.6 is 0 Å². The molecule has 1 aliphatic heterocycles. The Morgan fingerprint density at radius 3 is 2.36 bits per heavy atom. The molecule has 0 radical (unpaired) electrons. The van der Waals surface area contributed by atoms with Crippen LogP contribution in [-0.4, -0.2) is 25.0 Å². The van der Waals surface area contributed by atoms with E-state index in [9.17, 15) is 4.79 Å². The first-order valence-corrected chi connectivity index (χ1v) is 10.5. The molecule has 0 bridgehead atoms. The molecule has 1 amide bonds. The van der Waals surface area contributed by atoms with Crippen molar-refractivity contribution in [2.75, 3.05) is 18.0 Å². The van der Waals surface area contributed by atoms with Gasteiger partial charge in [-0.3, -0.25) is 4.79 Å². The maximum Gasteiger partial charge on any atom is 0.242 e. The van der Waals surface area contributed by atoms with Crippen LogP contribution in [0.25, 0.3) is 0 Å². The molecule has 2 aromatic rings. The lowest BCUT2D eigenvalue weighted by Crippen LogP contribution is -2.44. The smallest absolute Gasteiger partial charge is 0.242 e. The quantitative estimate of drug-likeness (QED) is 0.800. The van der Waals surface area contributed by atoms with Crippen LogP contribution in [0.2, 0.25) is 0 Å². The number of hydrogen-bond donors (Lipinski definition) is 1. The average molecular weight is 379 g/mol. The summed E-state index contributed by atoms with van der Waals surface area (Å²) in [5, 5.41) is 3.19. The number of nitrogens with zero attached hydrogens (tertiary/aromatic N) is 1. The third-order valence-electron chi connectivity index (χ3n) is 5.88. The highest BCUT2D eigenvalue weighted by Gasteiger charge is 2.30. The first-order chi connectivity index (χ1) is 13.3. The van der Waals surface area contributed by atoms with E-state index in [-0.39, 0.29) is 17.4 Å². The van der Waals surface area contributed by atoms with E-state index in [1.807, 2.05) is 18.2 Å². The molecule has 3 rings (SSSR count). The lowest BCUT2D eigenvalue weighted by Gasteiger charge is -2.26. The summed E-state index contributed by atoms with van der Waals surface area (Å²) in [6, 6.07) is 14.8. The first kappa shape index (κ1) is 20.4. The number of amides is 1. The van der Waals surface area contributed by atoms with Gasteiger partial charge in [0.1, 0.15) is 6.04 Å². The number of para-hydroxylation sites is 1. The Hall–Kier alpha value is -2.29. The highest BCUT2D eigenvalue weighted by Crippen LogP contribution is 2.27. The first-order valence-electron chi connectivity index (χ1n) is 10.5. The second-order valence-electron chi connectivity index (χ2n) is 9.07. The van der Waals surface area contributed by atoms with Crippen LogP contribution in [0.1, 0.15) is 55.9 Å². The number of nitrogens with one attached hydrogen (secondary N) is 1. The molecule has 1 N–H and O–H groups in total. The van der Waals surface area contributed by atoms with Crippen LogP contribution in [0, 0.1) is 13.8 Å². The van der Waals surface area contributed by atoms with Gasteiger partial charge in [0.05, 0.1) is 0 Å². The Morgan fingerprint density at radius 1 is 1.11 bits per heavy atom. The molecule has 0 aromatic heterocycles. The Morgan fingerprint density at radius 2 is 1.75 bits per heavy atom. The Bertz CT molecular complexity index is 797. The van der Waals surface area contributed by atoms with E-state index in [2.05, 4.69) is 69.1 Å². The number of carbonyl (C=O) groups is 1. The van der Waals surface area contributed by atoms with Gasteiger partial charge in [-0.05, 0) is 72.9 Å². The minimum absolute atomic E-state index is 0.0483. The molecule has 2 aromatic carbocycles. The summed E-state index contributed by atoms with van der Waals surface area (Å²) in [5.74, 6) is 0.156. The fourth-order valence-corrected chi connectivity index (χ4v) is 4.22. The van der Waals surface area contributed by atoms with E-state index < -0.39 is 0 Å². The zero-order valence-corrected chi connectivity index (χ0v) is 18.0. The van der Waals surface area contributed by atoms with Gasteiger partial charge in [0.15, 0.2) is 0 Å². The molecule has 3 nitrogen and oxygen atoms in total. The van der Waals surface area contributed by atoms with Gasteiger partial charge in [-0.25, -0.2) is 0 Å². The number of hydrogen-bond acceptors (Lipinski definition) is 2. The van der Waals surface area contributed by atoms with Crippen LogP contribution in [0.15, 0.2) is 42.5 Å². The van der Waals surface area contributed by atoms with E-state index in [0.717, 1.165) is 31.5 Å². The molecule has 1 aliphatic rings. The van der Waals surface area contributed by atoms with Gasteiger partial charge >= 0.3 is 0 Å². The summed E-state index contributed by atoms with van der Waals surface area (Å²) in [5.41, 5.74) is 6.69. The predicted octanol–water partition coefficient (Wildman–Crippen LogP) is 4.93. The molecular weight excluding hydrogens is 344 g/mol. The summed E-state index contributed by atoms with van der Waals surface area (Å²) in [6.07, 6.45) is 2.88. The van der Waals surface area contributed by atoms with Gasteiger partial charge in [0.25, 0.3) is 0 Å². The SMILES string of the molecule is Cc1cc(C(C)(C)C)cc(C)c1CCNC(=O)C1CCCN1c1ccccc1. The lowest BCUT2D eigenvalue weighted by atomic mass is 9.83. The highest BCUT2D eigenvalue weighted by atomic mass is 16.2. The fourth-order valence-electron chi connectivity index (χ4n) is 4.22. The summed E-state index contributed by atoms with van der Waals surface area (Å²) in [7, 11) is 0. The second-order valence-corrected chi connectivity index (χ2v) is 9.07. The molecular formula is C25H34N2O. The van der Waals surface area contributed by atoms with E-state index >= 15 is 0 Å². The largest absolute Gasteiger partial charge is 0.360 e. The van der Waals surface area contributed by atoms with Gasteiger partial charge in [0, 0.05) is 18.8 Å². The summed E-state index contributed by atoms with van der Waals surface area (Å²) in [6.45, 7) is 12.8. The van der Waals surface area contributed by atoms with Gasteiger partial charge in [-0.15, -0.1) is 0 Å². The molecule has 1 saturated heterocycles. The van der Waals surface area contributed by atoms with E-state index in [4.69, 9.17) is 0 Å². The van der Waals surface area contributed by atoms with E-state index in [0.29, 0.717) is 6.54 Å². The third-order valence-corrected chi connectivity index (χ3v) is 5.88. The summed E-state index contributed by atoms with van der Waals surface area (Å²) >= 11 is 0. The van der Waals surface area contributed by atoms with E-state index in [1.54, 1.807) is 0 Å². The Labute approximate surface area is 170 Å². The van der Waals surface area contributed by atoms with Crippen molar-refractivity contribution in [3.63, 3.8) is 0 Å². The zero-order chi connectivity index (χ0) is 20.3. The minimum atomic E-state index is -0.0483. The Kier molecular flexibility index (Phi) is 6.12. The fraction of sp³-hybridized carbons (Fsp3) is 0.480. The number of aryl methyl sites for hydroxylation is 2. The molecule has 3 heteroatoms. The zero-order valence-electron chi connectivity index (χ0n) is 18.0. The number of rotatable bonds is 5. The second kappa shape index (κ2) is 8.38. The molecule has 28 heavy (non-hydrogen) atoms. The molecule has 0 spiro atoms. The minimum Gasteiger partial charge on any atom is -0.360 e. The maximum absolute atomic E-state index is 12.8. The highest BCUT2D eigenvalue weighted by molar-refractivity contribution is 5.85. The standard InChI is InChI=1S/C25H34N2O/c1-18-16-20(25(3,4)5)17-19(2)22(18)13-14-26-24(28)23-12-9-15-27(23)21-10-7-6-8-11-21/h6-8,10-11,16-17,23H,9,12-15H2,1-5H3,(H,26,28). The summed E-state index contributed by atoms with van der Waals surface area (Å²) in [4.78, 5) is 15.1. The van der Waals surface area contributed by atoms with Crippen LogP contribution in [-0.2, 0) is 16.6 Å². The van der Waals surface area contributed by atoms with Crippen molar-refractivity contribution in [3.05, 3.63) is 64.7 Å². The topological polar surface area (TPSA) is 32.3 Å². The molecule has 1 fully saturated rings. The van der Waals surface area contributed by atoms with Gasteiger partial charge in [-0.1, -0.05) is 51.1 Å². The number of benzene rings is 2. The van der Waals surface area contributed by atoms with E-state index in [1.165, 1.54) is 22.3 Å². The molecule has 0 saturated carbocycles. The van der Waals surface area contributed by atoms with Crippen molar-refractivity contribution < 1.29 is 4.79 Å². The molecule has 0 aliphatic carbocycles. The van der Waals surface area contributed by atoms with Gasteiger partial charge < -0.3 is 10.2 Å². The molecule has 1 unspecified atom stereocenters. The average Bonchev–Trinajstić information content (AvgIpc) is 3.13. The maximum atomic E-state index is 12.8. The molecule has 1 heterocycles. The van der Waals surface area contributed by atoms with Crippen molar-refractivity contribution >= 4 is 11.6 Å². The number of anilines is 1. The van der Waals surface area contributed by atoms with Crippen LogP contribution in [0.3, 0.4) is 0 Å². The van der Waals surface area contributed by atoms with Crippen LogP contribution in [0.5, 0.6) is 0 Å². The third kappa shape index (κ3) is 4.57. The van der Waals surface area contributed by atoms with Crippen LogP contribution in [0.4, 0.5) is 5.69 Å². The monoisotopic (exact) mass is 378 g/mol. The van der Waals surface area contributed by atoms with Crippen molar-refractivity contribution in [1.29, 1.82) is 0 Å². The van der Waals surface area contributed by atoms with Crippen molar-refractivity contribution in [3.8, 4) is 0 Å². The normalized spacial score (nSPS) is 17.0. The molecule has 150 valence electrons. The van der Waals surface area contributed by atoms with Gasteiger partial charge in [0.2, 0.25) is 5.91 Å². The Balaban J connectivity index is 1.61. The van der Waals surface area contributed by atoms with Crippen molar-refractivity contribution in [1.82, 2.24) is 5.32 Å². The number of carbonyl (C=O) groups excluding carboxylic acids is 1. The lowest BCUT2D eigenvalue weighted by molar-refractivity contribution is -0.122. The summed E-state index contributed by atoms with van der Waals surface area (Å²) < 4.78 is 0. The van der Waals surface area contributed by atoms with Crippen molar-refractivity contribution in [2.24, 2.45) is 0 Å². The van der Waals surface area contributed by atoms with Crippen molar-refractivity contribution in [2.45, 2.75) is 65.3 Å². The van der Waals surface area contributed by atoms with Gasteiger partial charge in [-0.2, -0.15) is 0 Å². The molecule has 1 atom stereocenters.